The van der Waals surface area contributed by atoms with E-state index in [0.717, 1.165) is 52.0 Å². The number of nitrogens with zero attached hydrogens (tertiary/aromatic N) is 2. The zero-order chi connectivity index (χ0) is 36.7. The minimum absolute atomic E-state index is 0.122. The van der Waals surface area contributed by atoms with Gasteiger partial charge in [0, 0.05) is 23.9 Å². The van der Waals surface area contributed by atoms with Gasteiger partial charge >= 0.3 is 12.1 Å². The number of alkyl halides is 5. The van der Waals surface area contributed by atoms with Crippen LogP contribution in [0.15, 0.2) is 54.6 Å². The number of hydrogen-bond acceptors (Lipinski definition) is 5. The SMILES string of the molecule is Cc1cc2[nH]c(C(C)C)nc2cc1-c1ccc(C[C@H](NC(=O)C2CCC(CN)CC2)C(=O)Nc2ccc3nc(C(F)(F)C(F)(F)F)[nH]c3c2)cc1. The van der Waals surface area contributed by atoms with Crippen LogP contribution in [0.5, 0.6) is 0 Å². The second-order valence-corrected chi connectivity index (χ2v) is 13.8. The van der Waals surface area contributed by atoms with Crippen LogP contribution < -0.4 is 16.4 Å². The molecular formula is C37H40F5N7O2. The van der Waals surface area contributed by atoms with E-state index < -0.39 is 29.9 Å². The van der Waals surface area contributed by atoms with Crippen LogP contribution >= 0.6 is 0 Å². The molecule has 0 aliphatic heterocycles. The smallest absolute Gasteiger partial charge is 0.344 e. The minimum Gasteiger partial charge on any atom is -0.344 e. The lowest BCUT2D eigenvalue weighted by atomic mass is 9.81. The molecule has 2 aromatic heterocycles. The van der Waals surface area contributed by atoms with E-state index in [9.17, 15) is 31.5 Å². The molecule has 270 valence electrons. The Morgan fingerprint density at radius 2 is 1.59 bits per heavy atom. The summed E-state index contributed by atoms with van der Waals surface area (Å²) in [7, 11) is 0. The highest BCUT2D eigenvalue weighted by molar-refractivity contribution is 5.99. The van der Waals surface area contributed by atoms with Crippen molar-refractivity contribution >= 4 is 39.6 Å². The summed E-state index contributed by atoms with van der Waals surface area (Å²) in [5.74, 6) is -6.33. The fourth-order valence-corrected chi connectivity index (χ4v) is 6.58. The van der Waals surface area contributed by atoms with E-state index in [0.29, 0.717) is 25.3 Å². The van der Waals surface area contributed by atoms with Crippen molar-refractivity contribution in [2.75, 3.05) is 11.9 Å². The van der Waals surface area contributed by atoms with E-state index in [1.54, 1.807) is 0 Å². The molecule has 5 aromatic rings. The van der Waals surface area contributed by atoms with Crippen molar-refractivity contribution < 1.29 is 31.5 Å². The normalized spacial score (nSPS) is 17.6. The second-order valence-electron chi connectivity index (χ2n) is 13.8. The Morgan fingerprint density at radius 3 is 2.24 bits per heavy atom. The van der Waals surface area contributed by atoms with Crippen LogP contribution in [0, 0.1) is 18.8 Å². The quantitative estimate of drug-likeness (QED) is 0.0949. The van der Waals surface area contributed by atoms with Gasteiger partial charge in [-0.1, -0.05) is 38.1 Å². The number of H-pyrrole nitrogens is 2. The van der Waals surface area contributed by atoms with E-state index >= 15 is 0 Å². The Bertz CT molecular complexity index is 2040. The predicted molar refractivity (Wildman–Crippen MR) is 185 cm³/mol. The van der Waals surface area contributed by atoms with Crippen LogP contribution in [0.2, 0.25) is 0 Å². The maximum atomic E-state index is 13.9. The molecule has 0 saturated heterocycles. The van der Waals surface area contributed by atoms with Crippen LogP contribution in [0.1, 0.15) is 68.2 Å². The Morgan fingerprint density at radius 1 is 0.902 bits per heavy atom. The van der Waals surface area contributed by atoms with Crippen molar-refractivity contribution in [3.05, 3.63) is 77.4 Å². The lowest BCUT2D eigenvalue weighted by Crippen LogP contribution is -2.48. The van der Waals surface area contributed by atoms with Gasteiger partial charge in [-0.3, -0.25) is 9.59 Å². The topological polar surface area (TPSA) is 142 Å². The first-order chi connectivity index (χ1) is 24.1. The van der Waals surface area contributed by atoms with Crippen molar-refractivity contribution in [2.45, 2.75) is 76.9 Å². The molecule has 3 aromatic carbocycles. The average Bonchev–Trinajstić information content (AvgIpc) is 3.72. The molecule has 0 unspecified atom stereocenters. The van der Waals surface area contributed by atoms with Crippen LogP contribution in [0.25, 0.3) is 33.2 Å². The lowest BCUT2D eigenvalue weighted by molar-refractivity contribution is -0.292. The molecule has 1 aliphatic rings. The van der Waals surface area contributed by atoms with E-state index in [-0.39, 0.29) is 40.9 Å². The first kappa shape index (κ1) is 36.0. The molecule has 0 bridgehead atoms. The van der Waals surface area contributed by atoms with Gasteiger partial charge in [-0.25, -0.2) is 9.97 Å². The van der Waals surface area contributed by atoms with Gasteiger partial charge in [0.25, 0.3) is 0 Å². The highest BCUT2D eigenvalue weighted by Gasteiger charge is 2.61. The number of carbonyl (C=O) groups excluding carboxylic acids is 2. The lowest BCUT2D eigenvalue weighted by Gasteiger charge is -2.28. The summed E-state index contributed by atoms with van der Waals surface area (Å²) in [6.07, 6.45) is -2.77. The number of anilines is 1. The van der Waals surface area contributed by atoms with Gasteiger partial charge in [0.15, 0.2) is 5.82 Å². The van der Waals surface area contributed by atoms with Crippen molar-refractivity contribution in [3.63, 3.8) is 0 Å². The number of nitrogens with two attached hydrogens (primary N) is 1. The number of aromatic amines is 2. The summed E-state index contributed by atoms with van der Waals surface area (Å²) >= 11 is 0. The largest absolute Gasteiger partial charge is 0.461 e. The third-order valence-electron chi connectivity index (χ3n) is 9.68. The molecule has 51 heavy (non-hydrogen) atoms. The Kier molecular flexibility index (Phi) is 9.90. The number of carbonyl (C=O) groups is 2. The first-order valence-corrected chi connectivity index (χ1v) is 17.0. The van der Waals surface area contributed by atoms with Crippen LogP contribution in [0.3, 0.4) is 0 Å². The molecule has 0 radical (unpaired) electrons. The molecule has 1 atom stereocenters. The van der Waals surface area contributed by atoms with Crippen molar-refractivity contribution in [1.82, 2.24) is 25.3 Å². The second kappa shape index (κ2) is 14.0. The van der Waals surface area contributed by atoms with Gasteiger partial charge in [-0.05, 0) is 97.7 Å². The molecule has 2 amide bonds. The summed E-state index contributed by atoms with van der Waals surface area (Å²) in [5.41, 5.74) is 11.3. The standard InChI is InChI=1S/C37H40F5N7O2/c1-19(2)32-45-28-14-20(3)26(17-30(28)46-32)23-8-4-21(5-9-23)15-31(47-33(50)24-10-6-22(18-43)7-11-24)34(51)44-25-12-13-27-29(16-25)49-35(48-27)36(38,39)37(40,41)42/h4-5,8-9,12-14,16-17,19,22,24,31H,6-7,10-11,15,18,43H2,1-3H3,(H,44,51)(H,45,46)(H,47,50)(H,48,49)/t22?,24?,31-/m0/s1. The van der Waals surface area contributed by atoms with E-state index in [1.807, 2.05) is 42.2 Å². The van der Waals surface area contributed by atoms with Crippen LogP contribution in [-0.4, -0.2) is 50.5 Å². The zero-order valence-electron chi connectivity index (χ0n) is 28.4. The number of hydrogen-bond donors (Lipinski definition) is 5. The summed E-state index contributed by atoms with van der Waals surface area (Å²) in [6, 6.07) is 14.6. The van der Waals surface area contributed by atoms with Crippen molar-refractivity contribution in [1.29, 1.82) is 0 Å². The average molecular weight is 710 g/mol. The molecule has 1 fully saturated rings. The molecule has 6 N–H and O–H groups in total. The van der Waals surface area contributed by atoms with E-state index in [2.05, 4.69) is 40.5 Å². The van der Waals surface area contributed by atoms with Crippen LogP contribution in [-0.2, 0) is 21.9 Å². The molecular weight excluding hydrogens is 669 g/mol. The summed E-state index contributed by atoms with van der Waals surface area (Å²) in [5, 5.41) is 5.61. The van der Waals surface area contributed by atoms with Gasteiger partial charge in [0.05, 0.1) is 22.1 Å². The molecule has 0 spiro atoms. The molecule has 6 rings (SSSR count). The predicted octanol–water partition coefficient (Wildman–Crippen LogP) is 7.62. The monoisotopic (exact) mass is 709 g/mol. The zero-order valence-corrected chi connectivity index (χ0v) is 28.4. The van der Waals surface area contributed by atoms with E-state index in [1.165, 1.54) is 18.2 Å². The van der Waals surface area contributed by atoms with Gasteiger partial charge in [0.2, 0.25) is 11.8 Å². The first-order valence-electron chi connectivity index (χ1n) is 17.0. The highest BCUT2D eigenvalue weighted by Crippen LogP contribution is 2.43. The number of aryl methyl sites for hydroxylation is 1. The molecule has 9 nitrogen and oxygen atoms in total. The molecule has 2 heterocycles. The number of halogens is 5. The summed E-state index contributed by atoms with van der Waals surface area (Å²) in [4.78, 5) is 40.7. The number of nitrogens with one attached hydrogen (secondary N) is 4. The van der Waals surface area contributed by atoms with Gasteiger partial charge in [-0.2, -0.15) is 22.0 Å². The van der Waals surface area contributed by atoms with Gasteiger partial charge in [-0.15, -0.1) is 0 Å². The number of rotatable bonds is 10. The van der Waals surface area contributed by atoms with Crippen molar-refractivity contribution in [3.8, 4) is 11.1 Å². The number of amides is 2. The fraction of sp³-hybridized carbons (Fsp3) is 0.405. The fourth-order valence-electron chi connectivity index (χ4n) is 6.58. The third kappa shape index (κ3) is 7.60. The van der Waals surface area contributed by atoms with Gasteiger partial charge < -0.3 is 26.3 Å². The molecule has 14 heteroatoms. The summed E-state index contributed by atoms with van der Waals surface area (Å²) in [6.45, 7) is 6.73. The molecule has 1 aliphatic carbocycles. The number of aromatic nitrogens is 4. The number of benzene rings is 3. The van der Waals surface area contributed by atoms with Crippen molar-refractivity contribution in [2.24, 2.45) is 17.6 Å². The highest BCUT2D eigenvalue weighted by atomic mass is 19.4. The maximum absolute atomic E-state index is 13.9. The third-order valence-corrected chi connectivity index (χ3v) is 9.68. The minimum atomic E-state index is -5.84. The Hall–Kier alpha value is -4.85. The maximum Gasteiger partial charge on any atom is 0.461 e. The molecule has 1 saturated carbocycles. The number of imidazole rings is 2. The van der Waals surface area contributed by atoms with Crippen LogP contribution in [0.4, 0.5) is 27.6 Å². The van der Waals surface area contributed by atoms with Gasteiger partial charge in [0.1, 0.15) is 11.9 Å². The number of fused-ring (bicyclic) bond motifs is 2. The Labute approximate surface area is 291 Å². The Balaban J connectivity index is 1.23. The summed E-state index contributed by atoms with van der Waals surface area (Å²) < 4.78 is 66.7. The van der Waals surface area contributed by atoms with E-state index in [4.69, 9.17) is 10.7 Å².